The number of hydrogen-bond acceptors (Lipinski definition) is 4. The summed E-state index contributed by atoms with van der Waals surface area (Å²) in [6.07, 6.45) is 9.45. The summed E-state index contributed by atoms with van der Waals surface area (Å²) in [4.78, 5) is 43.0. The van der Waals surface area contributed by atoms with Crippen LogP contribution >= 0.6 is 0 Å². The molecule has 3 heterocycles. The topological polar surface area (TPSA) is 87.7 Å². The fourth-order valence-corrected chi connectivity index (χ4v) is 6.92. The molecule has 7 nitrogen and oxygen atoms in total. The van der Waals surface area contributed by atoms with E-state index in [1.807, 2.05) is 36.4 Å². The van der Waals surface area contributed by atoms with Gasteiger partial charge in [0.15, 0.2) is 0 Å². The van der Waals surface area contributed by atoms with E-state index in [2.05, 4.69) is 31.4 Å². The van der Waals surface area contributed by atoms with E-state index in [4.69, 9.17) is 4.74 Å². The smallest absolute Gasteiger partial charge is 0.246 e. The van der Waals surface area contributed by atoms with E-state index in [0.717, 1.165) is 32.1 Å². The van der Waals surface area contributed by atoms with Gasteiger partial charge in [0.2, 0.25) is 17.7 Å². The minimum absolute atomic E-state index is 0.0559. The standard InChI is InChI=1S/C29H37N3O4/c1-16(2)18-8-10-19(11-9-18)30-26(33)23-22-14-15-29(36-22)24(23)28(35)32(20-12-13-20)25(29)27(34)31-21-7-5-4-6-17(21)3/h8-11,14-17,20-25H,4-7,12-13H2,1-3H3,(H,30,33)(H,31,34)/t17-,21-,22-,23+,24-,25-,29-/m0/s1. The van der Waals surface area contributed by atoms with Gasteiger partial charge >= 0.3 is 0 Å². The van der Waals surface area contributed by atoms with Gasteiger partial charge in [-0.2, -0.15) is 0 Å². The second-order valence-electron chi connectivity index (χ2n) is 11.8. The van der Waals surface area contributed by atoms with Crippen LogP contribution in [0.15, 0.2) is 36.4 Å². The van der Waals surface area contributed by atoms with Crippen molar-refractivity contribution >= 4 is 23.4 Å². The zero-order valence-corrected chi connectivity index (χ0v) is 21.4. The maximum Gasteiger partial charge on any atom is 0.246 e. The minimum Gasteiger partial charge on any atom is -0.359 e. The van der Waals surface area contributed by atoms with Crippen LogP contribution < -0.4 is 10.6 Å². The summed E-state index contributed by atoms with van der Waals surface area (Å²) in [6, 6.07) is 7.29. The first kappa shape index (κ1) is 23.7. The first-order chi connectivity index (χ1) is 17.3. The Balaban J connectivity index is 1.26. The van der Waals surface area contributed by atoms with Crippen molar-refractivity contribution in [2.24, 2.45) is 17.8 Å². The summed E-state index contributed by atoms with van der Waals surface area (Å²) < 4.78 is 6.44. The van der Waals surface area contributed by atoms with Crippen molar-refractivity contribution in [2.45, 2.75) is 95.0 Å². The van der Waals surface area contributed by atoms with Crippen LogP contribution in [-0.4, -0.2) is 52.5 Å². The van der Waals surface area contributed by atoms with Crippen molar-refractivity contribution in [2.75, 3.05) is 5.32 Å². The van der Waals surface area contributed by atoms with Gasteiger partial charge in [-0.15, -0.1) is 0 Å². The number of ether oxygens (including phenoxy) is 1. The van der Waals surface area contributed by atoms with Crippen molar-refractivity contribution in [3.05, 3.63) is 42.0 Å². The average Bonchev–Trinajstić information content (AvgIpc) is 3.45. The molecule has 2 aliphatic carbocycles. The lowest BCUT2D eigenvalue weighted by molar-refractivity contribution is -0.142. The molecule has 6 rings (SSSR count). The second-order valence-corrected chi connectivity index (χ2v) is 11.8. The molecule has 3 amide bonds. The Bertz CT molecular complexity index is 1090. The maximum atomic E-state index is 13.9. The Morgan fingerprint density at radius 2 is 1.78 bits per heavy atom. The van der Waals surface area contributed by atoms with Gasteiger partial charge in [-0.25, -0.2) is 0 Å². The number of benzene rings is 1. The number of nitrogens with one attached hydrogen (secondary N) is 2. The molecule has 2 saturated heterocycles. The van der Waals surface area contributed by atoms with Crippen LogP contribution in [0.3, 0.4) is 0 Å². The molecule has 4 fully saturated rings. The van der Waals surface area contributed by atoms with Crippen LogP contribution in [0.1, 0.15) is 70.8 Å². The van der Waals surface area contributed by atoms with Crippen molar-refractivity contribution in [1.29, 1.82) is 0 Å². The summed E-state index contributed by atoms with van der Waals surface area (Å²) in [5, 5.41) is 6.30. The molecular formula is C29H37N3O4. The van der Waals surface area contributed by atoms with Crippen molar-refractivity contribution < 1.29 is 19.1 Å². The molecule has 7 heteroatoms. The number of carbonyl (C=O) groups is 3. The van der Waals surface area contributed by atoms with Gasteiger partial charge in [0.1, 0.15) is 11.6 Å². The Morgan fingerprint density at radius 3 is 2.44 bits per heavy atom. The molecule has 0 radical (unpaired) electrons. The zero-order chi connectivity index (χ0) is 25.2. The van der Waals surface area contributed by atoms with E-state index in [-0.39, 0.29) is 29.8 Å². The number of nitrogens with zero attached hydrogens (tertiary/aromatic N) is 1. The van der Waals surface area contributed by atoms with Gasteiger partial charge < -0.3 is 20.3 Å². The van der Waals surface area contributed by atoms with Gasteiger partial charge in [-0.3, -0.25) is 14.4 Å². The lowest BCUT2D eigenvalue weighted by Gasteiger charge is -2.36. The molecule has 0 aromatic heterocycles. The Morgan fingerprint density at radius 1 is 1.06 bits per heavy atom. The normalized spacial score (nSPS) is 36.9. The van der Waals surface area contributed by atoms with Crippen LogP contribution in [0.2, 0.25) is 0 Å². The summed E-state index contributed by atoms with van der Waals surface area (Å²) in [5.74, 6) is -0.979. The van der Waals surface area contributed by atoms with Crippen LogP contribution in [0.25, 0.3) is 0 Å². The van der Waals surface area contributed by atoms with Crippen LogP contribution in [0, 0.1) is 17.8 Å². The maximum absolute atomic E-state index is 13.9. The van der Waals surface area contributed by atoms with Crippen LogP contribution in [0.5, 0.6) is 0 Å². The summed E-state index contributed by atoms with van der Waals surface area (Å²) >= 11 is 0. The van der Waals surface area contributed by atoms with E-state index >= 15 is 0 Å². The fraction of sp³-hybridized carbons (Fsp3) is 0.621. The van der Waals surface area contributed by atoms with Crippen LogP contribution in [0.4, 0.5) is 5.69 Å². The molecule has 2 bridgehead atoms. The first-order valence-corrected chi connectivity index (χ1v) is 13.7. The lowest BCUT2D eigenvalue weighted by Crippen LogP contribution is -2.57. The van der Waals surface area contributed by atoms with E-state index in [1.54, 1.807) is 4.90 Å². The highest BCUT2D eigenvalue weighted by atomic mass is 16.5. The molecule has 3 aliphatic heterocycles. The molecule has 1 aromatic carbocycles. The molecule has 1 aromatic rings. The number of hydrogen-bond donors (Lipinski definition) is 2. The SMILES string of the molecule is CC(C)c1ccc(NC(=O)[C@@H]2[C@@H]3C=C[C@]4(O3)[C@@H]2C(=O)N(C2CC2)[C@H]4C(=O)N[C@H]2CCCC[C@@H]2C)cc1. The molecule has 2 N–H and O–H groups in total. The van der Waals surface area contributed by atoms with Gasteiger partial charge in [-0.1, -0.05) is 57.9 Å². The largest absolute Gasteiger partial charge is 0.359 e. The van der Waals surface area contributed by atoms with Crippen molar-refractivity contribution in [3.8, 4) is 0 Å². The molecule has 5 aliphatic rings. The zero-order valence-electron chi connectivity index (χ0n) is 21.4. The van der Waals surface area contributed by atoms with Gasteiger partial charge in [0, 0.05) is 17.8 Å². The quantitative estimate of drug-likeness (QED) is 0.594. The Hall–Kier alpha value is -2.67. The third kappa shape index (κ3) is 3.69. The van der Waals surface area contributed by atoms with E-state index in [0.29, 0.717) is 17.5 Å². The predicted molar refractivity (Wildman–Crippen MR) is 136 cm³/mol. The van der Waals surface area contributed by atoms with E-state index < -0.39 is 29.6 Å². The number of fused-ring (bicyclic) bond motifs is 1. The molecule has 7 atom stereocenters. The fourth-order valence-electron chi connectivity index (χ4n) is 6.92. The van der Waals surface area contributed by atoms with E-state index in [9.17, 15) is 14.4 Å². The highest BCUT2D eigenvalue weighted by Gasteiger charge is 2.74. The third-order valence-electron chi connectivity index (χ3n) is 9.09. The number of rotatable bonds is 6. The minimum atomic E-state index is -1.07. The monoisotopic (exact) mass is 491 g/mol. The number of carbonyl (C=O) groups excluding carboxylic acids is 3. The average molecular weight is 492 g/mol. The second kappa shape index (κ2) is 8.72. The Labute approximate surface area is 213 Å². The number of anilines is 1. The molecular weight excluding hydrogens is 454 g/mol. The third-order valence-corrected chi connectivity index (χ3v) is 9.09. The van der Waals surface area contributed by atoms with Crippen molar-refractivity contribution in [1.82, 2.24) is 10.2 Å². The number of likely N-dealkylation sites (tertiary alicyclic amines) is 1. The van der Waals surface area contributed by atoms with Crippen molar-refractivity contribution in [3.63, 3.8) is 0 Å². The Kier molecular flexibility index (Phi) is 5.74. The van der Waals surface area contributed by atoms with Crippen LogP contribution in [-0.2, 0) is 19.1 Å². The summed E-state index contributed by atoms with van der Waals surface area (Å²) in [6.45, 7) is 6.45. The number of amides is 3. The molecule has 2 saturated carbocycles. The molecule has 0 unspecified atom stereocenters. The first-order valence-electron chi connectivity index (χ1n) is 13.7. The molecule has 192 valence electrons. The van der Waals surface area contributed by atoms with Gasteiger partial charge in [0.05, 0.1) is 17.9 Å². The summed E-state index contributed by atoms with van der Waals surface area (Å²) in [7, 11) is 0. The van der Waals surface area contributed by atoms with Gasteiger partial charge in [0.25, 0.3) is 0 Å². The molecule has 1 spiro atoms. The predicted octanol–water partition coefficient (Wildman–Crippen LogP) is 3.76. The highest BCUT2D eigenvalue weighted by molar-refractivity contribution is 6.03. The summed E-state index contributed by atoms with van der Waals surface area (Å²) in [5.41, 5.74) is 0.830. The molecule has 36 heavy (non-hydrogen) atoms. The highest BCUT2D eigenvalue weighted by Crippen LogP contribution is 2.57. The van der Waals surface area contributed by atoms with E-state index in [1.165, 1.54) is 12.0 Å². The van der Waals surface area contributed by atoms with Gasteiger partial charge in [-0.05, 0) is 55.2 Å². The lowest BCUT2D eigenvalue weighted by atomic mass is 9.74.